The van der Waals surface area contributed by atoms with E-state index in [4.69, 9.17) is 5.73 Å². The molecular formula is C5H14N2OP+. The van der Waals surface area contributed by atoms with Gasteiger partial charge in [-0.3, -0.25) is 5.32 Å². The monoisotopic (exact) mass is 149 g/mol. The van der Waals surface area contributed by atoms with Gasteiger partial charge in [0, 0.05) is 12.6 Å². The van der Waals surface area contributed by atoms with Crippen LogP contribution in [0, 0.1) is 0 Å². The fraction of sp³-hybridized carbons (Fsp3) is 1.00. The summed E-state index contributed by atoms with van der Waals surface area (Å²) in [5.74, 6) is 0. The standard InChI is InChI=1S/C5H14N2OP/c1-5(3-6)7-4-9(2)8/h5,7H,3-4,6H2,1-2H3/q+1/t5-/m1/s1. The highest BCUT2D eigenvalue weighted by molar-refractivity contribution is 7.43. The van der Waals surface area contributed by atoms with Crippen molar-refractivity contribution in [2.24, 2.45) is 5.73 Å². The number of nitrogens with one attached hydrogen (secondary N) is 1. The molecule has 0 fully saturated rings. The second-order valence-electron chi connectivity index (χ2n) is 2.13. The Morgan fingerprint density at radius 3 is 2.67 bits per heavy atom. The highest BCUT2D eigenvalue weighted by Crippen LogP contribution is 2.09. The van der Waals surface area contributed by atoms with E-state index < -0.39 is 7.80 Å². The first-order chi connectivity index (χ1) is 4.16. The minimum Gasteiger partial charge on any atom is -0.329 e. The molecule has 3 N–H and O–H groups in total. The molecule has 9 heavy (non-hydrogen) atoms. The maximum Gasteiger partial charge on any atom is 0.350 e. The van der Waals surface area contributed by atoms with Gasteiger partial charge in [-0.15, -0.1) is 0 Å². The third-order valence-electron chi connectivity index (χ3n) is 1.02. The summed E-state index contributed by atoms with van der Waals surface area (Å²) in [4.78, 5) is 0. The van der Waals surface area contributed by atoms with Gasteiger partial charge in [-0.25, -0.2) is 0 Å². The molecule has 0 amide bonds. The fourth-order valence-corrected chi connectivity index (χ4v) is 0.937. The van der Waals surface area contributed by atoms with Crippen LogP contribution in [0.4, 0.5) is 0 Å². The van der Waals surface area contributed by atoms with Crippen molar-refractivity contribution < 1.29 is 4.57 Å². The second-order valence-corrected chi connectivity index (χ2v) is 3.70. The van der Waals surface area contributed by atoms with Crippen LogP contribution in [0.5, 0.6) is 0 Å². The zero-order valence-corrected chi connectivity index (χ0v) is 6.82. The minimum absolute atomic E-state index is 0.281. The fourth-order valence-electron chi connectivity index (χ4n) is 0.368. The molecule has 0 aromatic heterocycles. The average molecular weight is 149 g/mol. The topological polar surface area (TPSA) is 55.1 Å². The molecule has 0 heterocycles. The van der Waals surface area contributed by atoms with Gasteiger partial charge in [0.05, 0.1) is 0 Å². The highest BCUT2D eigenvalue weighted by atomic mass is 31.1. The van der Waals surface area contributed by atoms with Gasteiger partial charge in [-0.05, 0) is 6.92 Å². The first-order valence-electron chi connectivity index (χ1n) is 2.98. The Hall–Kier alpha value is 0.0200. The largest absolute Gasteiger partial charge is 0.350 e. The lowest BCUT2D eigenvalue weighted by atomic mass is 10.4. The summed E-state index contributed by atoms with van der Waals surface area (Å²) in [5.41, 5.74) is 5.30. The Morgan fingerprint density at radius 2 is 2.33 bits per heavy atom. The maximum absolute atomic E-state index is 10.5. The van der Waals surface area contributed by atoms with Gasteiger partial charge in [0.1, 0.15) is 6.66 Å². The Balaban J connectivity index is 3.16. The lowest BCUT2D eigenvalue weighted by Crippen LogP contribution is -2.32. The van der Waals surface area contributed by atoms with Crippen LogP contribution >= 0.6 is 7.80 Å². The van der Waals surface area contributed by atoms with E-state index >= 15 is 0 Å². The zero-order chi connectivity index (χ0) is 7.28. The molecule has 0 spiro atoms. The molecule has 0 aliphatic carbocycles. The van der Waals surface area contributed by atoms with E-state index in [1.807, 2.05) is 6.92 Å². The van der Waals surface area contributed by atoms with Crippen LogP contribution in [-0.2, 0) is 4.57 Å². The molecule has 0 aromatic carbocycles. The van der Waals surface area contributed by atoms with Crippen LogP contribution in [0.1, 0.15) is 6.92 Å². The molecule has 1 unspecified atom stereocenters. The first-order valence-corrected chi connectivity index (χ1v) is 4.87. The van der Waals surface area contributed by atoms with Crippen LogP contribution in [0.25, 0.3) is 0 Å². The summed E-state index contributed by atoms with van der Waals surface area (Å²) in [6.45, 7) is 4.27. The minimum atomic E-state index is -1.06. The van der Waals surface area contributed by atoms with Crippen molar-refractivity contribution in [1.82, 2.24) is 5.32 Å². The van der Waals surface area contributed by atoms with E-state index in [1.54, 1.807) is 6.66 Å². The number of rotatable bonds is 4. The molecule has 0 saturated heterocycles. The molecule has 0 aromatic rings. The Bertz CT molecular complexity index is 97.0. The molecule has 54 valence electrons. The van der Waals surface area contributed by atoms with E-state index in [2.05, 4.69) is 5.32 Å². The molecule has 0 rings (SSSR count). The third-order valence-corrected chi connectivity index (χ3v) is 1.64. The van der Waals surface area contributed by atoms with Crippen LogP contribution in [0.2, 0.25) is 0 Å². The van der Waals surface area contributed by atoms with Gasteiger partial charge in [-0.2, -0.15) is 0 Å². The summed E-state index contributed by atoms with van der Waals surface area (Å²) < 4.78 is 10.5. The van der Waals surface area contributed by atoms with Crippen molar-refractivity contribution >= 4 is 7.80 Å². The van der Waals surface area contributed by atoms with Crippen LogP contribution < -0.4 is 11.1 Å². The van der Waals surface area contributed by atoms with Gasteiger partial charge < -0.3 is 5.73 Å². The van der Waals surface area contributed by atoms with Crippen molar-refractivity contribution in [2.75, 3.05) is 19.5 Å². The van der Waals surface area contributed by atoms with E-state index in [0.717, 1.165) is 0 Å². The van der Waals surface area contributed by atoms with Gasteiger partial charge in [0.2, 0.25) is 0 Å². The molecule has 2 atom stereocenters. The van der Waals surface area contributed by atoms with Gasteiger partial charge in [-0.1, -0.05) is 4.57 Å². The van der Waals surface area contributed by atoms with E-state index in [0.29, 0.717) is 12.8 Å². The summed E-state index contributed by atoms with van der Waals surface area (Å²) in [6.07, 6.45) is 0.577. The molecule has 0 radical (unpaired) electrons. The molecular weight excluding hydrogens is 135 g/mol. The molecule has 0 aliphatic heterocycles. The van der Waals surface area contributed by atoms with E-state index in [1.165, 1.54) is 0 Å². The van der Waals surface area contributed by atoms with Crippen molar-refractivity contribution in [3.8, 4) is 0 Å². The van der Waals surface area contributed by atoms with Crippen LogP contribution in [0.15, 0.2) is 0 Å². The highest BCUT2D eigenvalue weighted by Gasteiger charge is 2.06. The SMILES string of the molecule is C[C@H](CN)NC[P+](C)=O. The molecule has 0 bridgehead atoms. The number of hydrogen-bond acceptors (Lipinski definition) is 3. The predicted molar refractivity (Wildman–Crippen MR) is 40.0 cm³/mol. The lowest BCUT2D eigenvalue weighted by Gasteiger charge is -2.04. The molecule has 0 aliphatic rings. The van der Waals surface area contributed by atoms with Crippen LogP contribution in [-0.4, -0.2) is 25.5 Å². The average Bonchev–Trinajstić information content (AvgIpc) is 1.83. The number of hydrogen-bond donors (Lipinski definition) is 2. The quantitative estimate of drug-likeness (QED) is 0.566. The Labute approximate surface area is 56.8 Å². The lowest BCUT2D eigenvalue weighted by molar-refractivity contribution is 0.568. The summed E-state index contributed by atoms with van der Waals surface area (Å²) >= 11 is 0. The molecule has 0 saturated carbocycles. The Kier molecular flexibility index (Phi) is 4.87. The number of nitrogens with two attached hydrogens (primary N) is 1. The summed E-state index contributed by atoms with van der Waals surface area (Å²) in [5, 5.41) is 3.02. The van der Waals surface area contributed by atoms with Gasteiger partial charge in [0.25, 0.3) is 0 Å². The van der Waals surface area contributed by atoms with E-state index in [-0.39, 0.29) is 6.04 Å². The summed E-state index contributed by atoms with van der Waals surface area (Å²) in [7, 11) is -1.06. The molecule has 4 heteroatoms. The van der Waals surface area contributed by atoms with Gasteiger partial charge >= 0.3 is 7.80 Å². The smallest absolute Gasteiger partial charge is 0.329 e. The van der Waals surface area contributed by atoms with Crippen molar-refractivity contribution in [3.63, 3.8) is 0 Å². The third kappa shape index (κ3) is 5.90. The molecule has 3 nitrogen and oxygen atoms in total. The summed E-state index contributed by atoms with van der Waals surface area (Å²) in [6, 6.07) is 0.281. The van der Waals surface area contributed by atoms with Crippen LogP contribution in [0.3, 0.4) is 0 Å². The maximum atomic E-state index is 10.5. The van der Waals surface area contributed by atoms with Gasteiger partial charge in [0.15, 0.2) is 6.29 Å². The van der Waals surface area contributed by atoms with Crippen molar-refractivity contribution in [1.29, 1.82) is 0 Å². The van der Waals surface area contributed by atoms with Crippen molar-refractivity contribution in [3.05, 3.63) is 0 Å². The normalized spacial score (nSPS) is 15.2. The predicted octanol–water partition coefficient (Wildman–Crippen LogP) is 0.338. The van der Waals surface area contributed by atoms with E-state index in [9.17, 15) is 4.57 Å². The van der Waals surface area contributed by atoms with Crippen molar-refractivity contribution in [2.45, 2.75) is 13.0 Å². The first kappa shape index (κ1) is 9.02. The Morgan fingerprint density at radius 1 is 1.78 bits per heavy atom. The second kappa shape index (κ2) is 4.86. The zero-order valence-electron chi connectivity index (χ0n) is 5.92.